The fraction of sp³-hybridized carbons (Fsp3) is 0.0909. The SMILES string of the molecule is Fc1ccc(C2=NN=C(C3=NN=C(c4ccc(F)cc4)C3)C2)cc1.c1ccc2c(C3=NN=C(C4=NN=C(c5cccc6ccccc56)C4)C3)cccc2c1. The Morgan fingerprint density at radius 2 is 0.611 bits per heavy atom. The first-order chi connectivity index (χ1) is 26.6. The van der Waals surface area contributed by atoms with Crippen LogP contribution in [0.4, 0.5) is 8.78 Å². The summed E-state index contributed by atoms with van der Waals surface area (Å²) >= 11 is 0. The van der Waals surface area contributed by atoms with Gasteiger partial charge in [0.1, 0.15) is 11.6 Å². The van der Waals surface area contributed by atoms with Crippen LogP contribution in [0.25, 0.3) is 21.5 Å². The highest BCUT2D eigenvalue weighted by atomic mass is 19.1. The van der Waals surface area contributed by atoms with Crippen LogP contribution < -0.4 is 0 Å². The van der Waals surface area contributed by atoms with Crippen LogP contribution in [0, 0.1) is 11.6 Å². The monoisotopic (exact) mass is 708 g/mol. The van der Waals surface area contributed by atoms with Crippen LogP contribution in [-0.2, 0) is 0 Å². The van der Waals surface area contributed by atoms with Crippen molar-refractivity contribution in [3.05, 3.63) is 167 Å². The summed E-state index contributed by atoms with van der Waals surface area (Å²) in [7, 11) is 0. The van der Waals surface area contributed by atoms with Crippen molar-refractivity contribution in [3.63, 3.8) is 0 Å². The molecular weight excluding hydrogens is 679 g/mol. The van der Waals surface area contributed by atoms with Crippen molar-refractivity contribution < 1.29 is 8.78 Å². The Morgan fingerprint density at radius 1 is 0.296 bits per heavy atom. The van der Waals surface area contributed by atoms with Gasteiger partial charge in [0.15, 0.2) is 0 Å². The number of nitrogens with zero attached hydrogens (tertiary/aromatic N) is 8. The van der Waals surface area contributed by atoms with Gasteiger partial charge < -0.3 is 0 Å². The van der Waals surface area contributed by atoms with Crippen LogP contribution >= 0.6 is 0 Å². The van der Waals surface area contributed by atoms with Gasteiger partial charge in [-0.2, -0.15) is 40.8 Å². The van der Waals surface area contributed by atoms with E-state index in [-0.39, 0.29) is 11.6 Å². The van der Waals surface area contributed by atoms with E-state index >= 15 is 0 Å². The van der Waals surface area contributed by atoms with Crippen molar-refractivity contribution in [2.75, 3.05) is 0 Å². The maximum Gasteiger partial charge on any atom is 0.123 e. The molecule has 8 nitrogen and oxygen atoms in total. The third kappa shape index (κ3) is 6.61. The van der Waals surface area contributed by atoms with E-state index in [0.29, 0.717) is 25.7 Å². The lowest BCUT2D eigenvalue weighted by atomic mass is 9.94. The average Bonchev–Trinajstić information content (AvgIpc) is 4.06. The van der Waals surface area contributed by atoms with Gasteiger partial charge in [-0.3, -0.25) is 0 Å². The molecule has 0 unspecified atom stereocenters. The van der Waals surface area contributed by atoms with Crippen molar-refractivity contribution >= 4 is 67.2 Å². The maximum atomic E-state index is 13.0. The van der Waals surface area contributed by atoms with Gasteiger partial charge in [0, 0.05) is 36.8 Å². The predicted octanol–water partition coefficient (Wildman–Crippen LogP) is 9.55. The summed E-state index contributed by atoms with van der Waals surface area (Å²) in [5, 5.41) is 39.5. The van der Waals surface area contributed by atoms with Crippen molar-refractivity contribution in [3.8, 4) is 0 Å². The summed E-state index contributed by atoms with van der Waals surface area (Å²) in [4.78, 5) is 0. The fourth-order valence-corrected chi connectivity index (χ4v) is 6.90. The van der Waals surface area contributed by atoms with E-state index in [0.717, 1.165) is 67.9 Å². The van der Waals surface area contributed by atoms with Gasteiger partial charge in [-0.05, 0) is 56.9 Å². The molecule has 4 aliphatic rings. The van der Waals surface area contributed by atoms with Gasteiger partial charge in [0.2, 0.25) is 0 Å². The highest BCUT2D eigenvalue weighted by Gasteiger charge is 2.26. The van der Waals surface area contributed by atoms with Crippen molar-refractivity contribution in [1.29, 1.82) is 0 Å². The second kappa shape index (κ2) is 14.2. The van der Waals surface area contributed by atoms with Crippen LogP contribution in [0.3, 0.4) is 0 Å². The number of rotatable bonds is 6. The standard InChI is InChI=1S/C26H18N4.C18H12F2N4/c1-3-11-19-17(7-1)9-5-13-21(19)23-15-25(29-27-23)26-16-24(28-30-26)22-14-6-10-18-8-2-4-12-20(18)22;19-13-5-1-11(2-6-13)15-9-17(23-21-15)18-10-16(22-24-18)12-3-7-14(20)8-4-12/h1-14H,15-16H2;1-8H,9-10H2. The Morgan fingerprint density at radius 3 is 1.02 bits per heavy atom. The van der Waals surface area contributed by atoms with Crippen LogP contribution in [0.5, 0.6) is 0 Å². The summed E-state index contributed by atoms with van der Waals surface area (Å²) < 4.78 is 26.0. The number of benzene rings is 6. The van der Waals surface area contributed by atoms with Gasteiger partial charge in [-0.1, -0.05) is 109 Å². The van der Waals surface area contributed by atoms with E-state index in [2.05, 4.69) is 126 Å². The lowest BCUT2D eigenvalue weighted by Crippen LogP contribution is -2.16. The van der Waals surface area contributed by atoms with Gasteiger partial charge in [0.25, 0.3) is 0 Å². The molecule has 6 aromatic carbocycles. The Kier molecular flexibility index (Phi) is 8.68. The Bertz CT molecular complexity index is 2520. The normalized spacial score (nSPS) is 16.2. The third-order valence-electron chi connectivity index (χ3n) is 9.73. The molecule has 260 valence electrons. The first-order valence-electron chi connectivity index (χ1n) is 17.6. The molecule has 0 bridgehead atoms. The fourth-order valence-electron chi connectivity index (χ4n) is 6.90. The topological polar surface area (TPSA) is 98.9 Å². The second-order valence-corrected chi connectivity index (χ2v) is 13.1. The zero-order valence-corrected chi connectivity index (χ0v) is 28.9. The van der Waals surface area contributed by atoms with Gasteiger partial charge >= 0.3 is 0 Å². The molecule has 54 heavy (non-hydrogen) atoms. The lowest BCUT2D eigenvalue weighted by molar-refractivity contribution is 0.627. The molecule has 0 amide bonds. The molecular formula is C44H30F2N8. The number of fused-ring (bicyclic) bond motifs is 2. The van der Waals surface area contributed by atoms with E-state index in [9.17, 15) is 8.78 Å². The number of halogens is 2. The Labute approximate surface area is 309 Å². The van der Waals surface area contributed by atoms with E-state index < -0.39 is 0 Å². The summed E-state index contributed by atoms with van der Waals surface area (Å²) in [5.74, 6) is -0.563. The summed E-state index contributed by atoms with van der Waals surface area (Å²) in [5.41, 5.74) is 10.8. The molecule has 6 aromatic rings. The van der Waals surface area contributed by atoms with E-state index in [1.807, 2.05) is 0 Å². The molecule has 0 saturated heterocycles. The third-order valence-corrected chi connectivity index (χ3v) is 9.73. The van der Waals surface area contributed by atoms with Gasteiger partial charge in [-0.15, -0.1) is 0 Å². The first kappa shape index (κ1) is 32.9. The molecule has 10 heteroatoms. The molecule has 0 saturated carbocycles. The smallest absolute Gasteiger partial charge is 0.123 e. The van der Waals surface area contributed by atoms with Gasteiger partial charge in [-0.25, -0.2) is 8.78 Å². The molecule has 4 heterocycles. The lowest BCUT2D eigenvalue weighted by Gasteiger charge is -2.07. The number of hydrogen-bond donors (Lipinski definition) is 0. The molecule has 0 atom stereocenters. The molecule has 4 aliphatic heterocycles. The largest absolute Gasteiger partial charge is 0.207 e. The van der Waals surface area contributed by atoms with Crippen molar-refractivity contribution in [2.45, 2.75) is 25.7 Å². The minimum Gasteiger partial charge on any atom is -0.207 e. The minimum atomic E-state index is -0.281. The molecule has 0 radical (unpaired) electrons. The summed E-state index contributed by atoms with van der Waals surface area (Å²) in [6, 6.07) is 41.8. The van der Waals surface area contributed by atoms with Crippen LogP contribution in [0.1, 0.15) is 47.9 Å². The minimum absolute atomic E-state index is 0.281. The summed E-state index contributed by atoms with van der Waals surface area (Å²) in [6.45, 7) is 0. The van der Waals surface area contributed by atoms with Crippen LogP contribution in [0.15, 0.2) is 174 Å². The molecule has 0 aliphatic carbocycles. The molecule has 0 spiro atoms. The highest BCUT2D eigenvalue weighted by Crippen LogP contribution is 2.26. The molecule has 0 fully saturated rings. The van der Waals surface area contributed by atoms with Crippen LogP contribution in [-0.4, -0.2) is 45.7 Å². The Hall–Kier alpha value is -6.94. The quantitative estimate of drug-likeness (QED) is 0.165. The first-order valence-corrected chi connectivity index (χ1v) is 17.6. The second-order valence-electron chi connectivity index (χ2n) is 13.1. The van der Waals surface area contributed by atoms with Crippen molar-refractivity contribution in [2.24, 2.45) is 40.8 Å². The zero-order chi connectivity index (χ0) is 36.4. The predicted molar refractivity (Wildman–Crippen MR) is 215 cm³/mol. The molecule has 0 aromatic heterocycles. The molecule has 0 N–H and O–H groups in total. The Balaban J connectivity index is 0.000000146. The summed E-state index contributed by atoms with van der Waals surface area (Å²) in [6.07, 6.45) is 2.45. The zero-order valence-electron chi connectivity index (χ0n) is 28.9. The van der Waals surface area contributed by atoms with E-state index in [1.54, 1.807) is 24.3 Å². The highest BCUT2D eigenvalue weighted by molar-refractivity contribution is 6.52. The maximum absolute atomic E-state index is 13.0. The van der Waals surface area contributed by atoms with Crippen molar-refractivity contribution in [1.82, 2.24) is 0 Å². The number of hydrogen-bond acceptors (Lipinski definition) is 8. The van der Waals surface area contributed by atoms with E-state index in [1.165, 1.54) is 45.8 Å². The average molecular weight is 709 g/mol. The van der Waals surface area contributed by atoms with Gasteiger partial charge in [0.05, 0.1) is 45.7 Å². The molecule has 10 rings (SSSR count). The van der Waals surface area contributed by atoms with Crippen LogP contribution in [0.2, 0.25) is 0 Å². The van der Waals surface area contributed by atoms with E-state index in [4.69, 9.17) is 0 Å².